The molecule has 33 heavy (non-hydrogen) atoms. The number of aromatic nitrogens is 2. The van der Waals surface area contributed by atoms with Crippen LogP contribution in [0, 0.1) is 5.92 Å². The highest BCUT2D eigenvalue weighted by atomic mass is 16.5. The van der Waals surface area contributed by atoms with Crippen molar-refractivity contribution in [3.8, 4) is 5.88 Å². The SMILES string of the molecule is COCc1ccc2c(c1)c(OC(C)(C)C(=O)NCCCN1CCCC1=O)nn2CCC(C)C. The zero-order chi connectivity index (χ0) is 24.0. The molecule has 0 saturated carbocycles. The van der Waals surface area contributed by atoms with E-state index < -0.39 is 5.60 Å². The molecule has 0 atom stereocenters. The van der Waals surface area contributed by atoms with Crippen molar-refractivity contribution in [1.29, 1.82) is 0 Å². The molecule has 0 bridgehead atoms. The lowest BCUT2D eigenvalue weighted by atomic mass is 10.1. The highest BCUT2D eigenvalue weighted by molar-refractivity contribution is 5.88. The van der Waals surface area contributed by atoms with Gasteiger partial charge >= 0.3 is 0 Å². The van der Waals surface area contributed by atoms with Crippen molar-refractivity contribution in [3.05, 3.63) is 23.8 Å². The Bertz CT molecular complexity index is 967. The number of amides is 2. The summed E-state index contributed by atoms with van der Waals surface area (Å²) in [5.74, 6) is 1.01. The molecule has 1 aromatic heterocycles. The van der Waals surface area contributed by atoms with E-state index in [-0.39, 0.29) is 11.8 Å². The van der Waals surface area contributed by atoms with E-state index in [0.717, 1.165) is 48.8 Å². The number of benzene rings is 1. The monoisotopic (exact) mass is 458 g/mol. The maximum Gasteiger partial charge on any atom is 0.263 e. The molecule has 8 nitrogen and oxygen atoms in total. The third-order valence-electron chi connectivity index (χ3n) is 5.97. The van der Waals surface area contributed by atoms with Crippen LogP contribution in [-0.2, 0) is 27.5 Å². The molecule has 1 saturated heterocycles. The summed E-state index contributed by atoms with van der Waals surface area (Å²) < 4.78 is 13.4. The number of methoxy groups -OCH3 is 1. The van der Waals surface area contributed by atoms with Gasteiger partial charge in [-0.05, 0) is 56.7 Å². The Morgan fingerprint density at radius 3 is 2.73 bits per heavy atom. The first kappa shape index (κ1) is 25.0. The Labute approximate surface area is 196 Å². The summed E-state index contributed by atoms with van der Waals surface area (Å²) in [5.41, 5.74) is 0.916. The minimum Gasteiger partial charge on any atom is -0.460 e. The summed E-state index contributed by atoms with van der Waals surface area (Å²) in [6, 6.07) is 6.09. The number of carbonyl (C=O) groups excluding carboxylic acids is 2. The molecular formula is C25H38N4O4. The highest BCUT2D eigenvalue weighted by Gasteiger charge is 2.32. The van der Waals surface area contributed by atoms with Gasteiger partial charge in [-0.1, -0.05) is 19.9 Å². The molecule has 2 aromatic rings. The van der Waals surface area contributed by atoms with Crippen LogP contribution in [0.4, 0.5) is 0 Å². The van der Waals surface area contributed by atoms with Gasteiger partial charge in [0.1, 0.15) is 0 Å². The largest absolute Gasteiger partial charge is 0.460 e. The van der Waals surface area contributed by atoms with E-state index in [0.29, 0.717) is 37.9 Å². The minimum absolute atomic E-state index is 0.201. The summed E-state index contributed by atoms with van der Waals surface area (Å²) in [5, 5.41) is 8.55. The number of hydrogen-bond donors (Lipinski definition) is 1. The molecule has 1 aliphatic rings. The number of hydrogen-bond acceptors (Lipinski definition) is 5. The van der Waals surface area contributed by atoms with E-state index in [1.54, 1.807) is 21.0 Å². The fourth-order valence-electron chi connectivity index (χ4n) is 3.99. The summed E-state index contributed by atoms with van der Waals surface area (Å²) >= 11 is 0. The summed E-state index contributed by atoms with van der Waals surface area (Å²) in [6.07, 6.45) is 3.28. The molecule has 2 heterocycles. The summed E-state index contributed by atoms with van der Waals surface area (Å²) in [6.45, 7) is 11.1. The van der Waals surface area contributed by atoms with Crippen LogP contribution >= 0.6 is 0 Å². The number of nitrogens with one attached hydrogen (secondary N) is 1. The van der Waals surface area contributed by atoms with Gasteiger partial charge in [-0.25, -0.2) is 0 Å². The van der Waals surface area contributed by atoms with Gasteiger partial charge in [-0.3, -0.25) is 14.3 Å². The highest BCUT2D eigenvalue weighted by Crippen LogP contribution is 2.30. The lowest BCUT2D eigenvalue weighted by Gasteiger charge is -2.24. The van der Waals surface area contributed by atoms with E-state index in [2.05, 4.69) is 19.2 Å². The number of aryl methyl sites for hydroxylation is 1. The summed E-state index contributed by atoms with van der Waals surface area (Å²) in [7, 11) is 1.67. The molecule has 2 amide bonds. The minimum atomic E-state index is -1.09. The molecule has 1 N–H and O–H groups in total. The Morgan fingerprint density at radius 2 is 2.06 bits per heavy atom. The predicted octanol–water partition coefficient (Wildman–Crippen LogP) is 3.51. The third-order valence-corrected chi connectivity index (χ3v) is 5.97. The maximum atomic E-state index is 12.9. The van der Waals surface area contributed by atoms with Gasteiger partial charge in [0, 0.05) is 39.7 Å². The zero-order valence-electron chi connectivity index (χ0n) is 20.6. The first-order valence-corrected chi connectivity index (χ1v) is 11.9. The van der Waals surface area contributed by atoms with Gasteiger partial charge in [0.05, 0.1) is 17.5 Å². The fourth-order valence-corrected chi connectivity index (χ4v) is 3.99. The van der Waals surface area contributed by atoms with Gasteiger partial charge in [-0.15, -0.1) is 5.10 Å². The van der Waals surface area contributed by atoms with Crippen molar-refractivity contribution in [2.45, 2.75) is 72.1 Å². The van der Waals surface area contributed by atoms with Crippen molar-refractivity contribution in [2.75, 3.05) is 26.7 Å². The quantitative estimate of drug-likeness (QED) is 0.492. The molecule has 1 aromatic carbocycles. The Hall–Kier alpha value is -2.61. The first-order valence-electron chi connectivity index (χ1n) is 11.9. The van der Waals surface area contributed by atoms with Gasteiger partial charge < -0.3 is 19.7 Å². The number of ether oxygens (including phenoxy) is 2. The van der Waals surface area contributed by atoms with Crippen molar-refractivity contribution >= 4 is 22.7 Å². The van der Waals surface area contributed by atoms with Gasteiger partial charge in [0.2, 0.25) is 11.8 Å². The second-order valence-corrected chi connectivity index (χ2v) is 9.70. The molecule has 1 fully saturated rings. The molecule has 182 valence electrons. The second kappa shape index (κ2) is 11.0. The molecule has 0 radical (unpaired) electrons. The molecule has 0 unspecified atom stereocenters. The predicted molar refractivity (Wildman–Crippen MR) is 128 cm³/mol. The molecule has 0 aliphatic carbocycles. The summed E-state index contributed by atoms with van der Waals surface area (Å²) in [4.78, 5) is 26.5. The molecule has 0 spiro atoms. The van der Waals surface area contributed by atoms with E-state index in [4.69, 9.17) is 14.6 Å². The third kappa shape index (κ3) is 6.47. The molecule has 3 rings (SSSR count). The zero-order valence-corrected chi connectivity index (χ0v) is 20.6. The number of fused-ring (bicyclic) bond motifs is 1. The van der Waals surface area contributed by atoms with Gasteiger partial charge in [-0.2, -0.15) is 0 Å². The average molecular weight is 459 g/mol. The Balaban J connectivity index is 1.68. The fraction of sp³-hybridized carbons (Fsp3) is 0.640. The molecule has 1 aliphatic heterocycles. The van der Waals surface area contributed by atoms with E-state index >= 15 is 0 Å². The van der Waals surface area contributed by atoms with Crippen LogP contribution in [0.2, 0.25) is 0 Å². The Kier molecular flexibility index (Phi) is 8.35. The molecule has 8 heteroatoms. The van der Waals surface area contributed by atoms with E-state index in [9.17, 15) is 9.59 Å². The van der Waals surface area contributed by atoms with Crippen molar-refractivity contribution in [3.63, 3.8) is 0 Å². The van der Waals surface area contributed by atoms with Crippen LogP contribution in [0.5, 0.6) is 5.88 Å². The lowest BCUT2D eigenvalue weighted by Crippen LogP contribution is -2.47. The average Bonchev–Trinajstić information content (AvgIpc) is 3.32. The van der Waals surface area contributed by atoms with Crippen molar-refractivity contribution < 1.29 is 19.1 Å². The van der Waals surface area contributed by atoms with Crippen LogP contribution in [-0.4, -0.2) is 58.8 Å². The van der Waals surface area contributed by atoms with E-state index in [1.165, 1.54) is 0 Å². The topological polar surface area (TPSA) is 85.7 Å². The number of likely N-dealkylation sites (tertiary alicyclic amines) is 1. The van der Waals surface area contributed by atoms with Gasteiger partial charge in [0.25, 0.3) is 5.91 Å². The second-order valence-electron chi connectivity index (χ2n) is 9.70. The van der Waals surface area contributed by atoms with Crippen LogP contribution in [0.3, 0.4) is 0 Å². The molecular weight excluding hydrogens is 420 g/mol. The number of rotatable bonds is 12. The van der Waals surface area contributed by atoms with Crippen LogP contribution in [0.1, 0.15) is 58.9 Å². The number of nitrogens with zero attached hydrogens (tertiary/aromatic N) is 3. The number of carbonyl (C=O) groups is 2. The maximum absolute atomic E-state index is 12.9. The van der Waals surface area contributed by atoms with Crippen molar-refractivity contribution in [2.24, 2.45) is 5.92 Å². The van der Waals surface area contributed by atoms with Crippen LogP contribution in [0.15, 0.2) is 18.2 Å². The van der Waals surface area contributed by atoms with E-state index in [1.807, 2.05) is 27.8 Å². The van der Waals surface area contributed by atoms with Crippen molar-refractivity contribution in [1.82, 2.24) is 20.0 Å². The normalized spacial score (nSPS) is 14.5. The van der Waals surface area contributed by atoms with Crippen LogP contribution in [0.25, 0.3) is 10.9 Å². The standard InChI is InChI=1S/C25H38N4O4/c1-18(2)11-15-29-21-10-9-19(17-32-5)16-20(21)23(27-29)33-25(3,4)24(31)26-12-7-14-28-13-6-8-22(28)30/h9-10,16,18H,6-8,11-15,17H2,1-5H3,(H,26,31). The van der Waals surface area contributed by atoms with Gasteiger partial charge in [0.15, 0.2) is 5.60 Å². The first-order chi connectivity index (χ1) is 15.7. The lowest BCUT2D eigenvalue weighted by molar-refractivity contribution is -0.134. The Morgan fingerprint density at radius 1 is 1.27 bits per heavy atom. The smallest absolute Gasteiger partial charge is 0.263 e. The van der Waals surface area contributed by atoms with Crippen LogP contribution < -0.4 is 10.1 Å².